The molecule has 0 N–H and O–H groups in total. The summed E-state index contributed by atoms with van der Waals surface area (Å²) in [4.78, 5) is 46.3. The molecule has 2 aromatic carbocycles. The number of anilines is 1. The third kappa shape index (κ3) is 5.65. The Labute approximate surface area is 254 Å². The van der Waals surface area contributed by atoms with Crippen LogP contribution in [0.25, 0.3) is 6.08 Å². The minimum atomic E-state index is -0.844. The number of ether oxygens (including phenoxy) is 2. The fourth-order valence-electron chi connectivity index (χ4n) is 5.49. The molecule has 3 aromatic rings. The molecule has 0 amide bonds. The number of carbonyl (C=O) groups is 1. The van der Waals surface area contributed by atoms with Crippen LogP contribution in [0.15, 0.2) is 61.9 Å². The largest absolute Gasteiger partial charge is 0.496 e. The first-order valence-corrected chi connectivity index (χ1v) is 15.5. The summed E-state index contributed by atoms with van der Waals surface area (Å²) < 4.78 is 13.7. The summed E-state index contributed by atoms with van der Waals surface area (Å²) in [5, 5.41) is 12.0. The lowest BCUT2D eigenvalue weighted by Gasteiger charge is -2.27. The maximum absolute atomic E-state index is 14.1. The van der Waals surface area contributed by atoms with Crippen molar-refractivity contribution in [3.63, 3.8) is 0 Å². The highest BCUT2D eigenvalue weighted by Gasteiger charge is 2.36. The fourth-order valence-corrected chi connectivity index (χ4v) is 6.89. The number of hydrogen-bond acceptors (Lipinski definition) is 9. The molecule has 0 spiro atoms. The van der Waals surface area contributed by atoms with Gasteiger partial charge in [0, 0.05) is 29.2 Å². The summed E-state index contributed by atoms with van der Waals surface area (Å²) in [5.41, 5.74) is 2.21. The number of nitro groups is 1. The lowest BCUT2D eigenvalue weighted by atomic mass is 9.93. The Kier molecular flexibility index (Phi) is 8.93. The molecular weight excluding hydrogens is 624 g/mol. The number of carbonyl (C=O) groups excluding carboxylic acids is 1. The molecule has 1 fully saturated rings. The smallest absolute Gasteiger partial charge is 0.338 e. The summed E-state index contributed by atoms with van der Waals surface area (Å²) in [6.07, 6.45) is 4.88. The molecule has 10 nitrogen and oxygen atoms in total. The maximum Gasteiger partial charge on any atom is 0.338 e. The van der Waals surface area contributed by atoms with Crippen LogP contribution in [-0.2, 0) is 9.53 Å². The molecule has 5 rings (SSSR count). The zero-order chi connectivity index (χ0) is 30.0. The quantitative estimate of drug-likeness (QED) is 0.184. The molecule has 2 aliphatic rings. The number of rotatable bonds is 9. The molecule has 0 saturated carbocycles. The monoisotopic (exact) mass is 654 g/mol. The number of nitro benzene ring substituents is 1. The molecule has 1 saturated heterocycles. The zero-order valence-corrected chi connectivity index (χ0v) is 26.0. The Bertz CT molecular complexity index is 1760. The van der Waals surface area contributed by atoms with Crippen molar-refractivity contribution >= 4 is 50.7 Å². The van der Waals surface area contributed by atoms with E-state index < -0.39 is 12.0 Å². The van der Waals surface area contributed by atoms with Gasteiger partial charge in [0.15, 0.2) is 4.80 Å². The highest BCUT2D eigenvalue weighted by atomic mass is 79.9. The van der Waals surface area contributed by atoms with E-state index >= 15 is 0 Å². The van der Waals surface area contributed by atoms with Crippen molar-refractivity contribution in [3.05, 3.63) is 93.1 Å². The van der Waals surface area contributed by atoms with E-state index in [1.165, 1.54) is 29.1 Å². The summed E-state index contributed by atoms with van der Waals surface area (Å²) in [7, 11) is 1.54. The second kappa shape index (κ2) is 12.6. The van der Waals surface area contributed by atoms with E-state index in [0.717, 1.165) is 36.8 Å². The highest BCUT2D eigenvalue weighted by molar-refractivity contribution is 9.10. The predicted molar refractivity (Wildman–Crippen MR) is 165 cm³/mol. The van der Waals surface area contributed by atoms with Crippen molar-refractivity contribution in [2.75, 3.05) is 31.7 Å². The number of methoxy groups -OCH3 is 1. The van der Waals surface area contributed by atoms with Crippen molar-refractivity contribution in [1.82, 2.24) is 4.57 Å². The van der Waals surface area contributed by atoms with Crippen LogP contribution in [0.5, 0.6) is 5.75 Å². The molecule has 1 aromatic heterocycles. The van der Waals surface area contributed by atoms with Gasteiger partial charge >= 0.3 is 5.97 Å². The van der Waals surface area contributed by atoms with Crippen LogP contribution >= 0.6 is 27.3 Å². The summed E-state index contributed by atoms with van der Waals surface area (Å²) in [5.74, 6) is -0.0374. The summed E-state index contributed by atoms with van der Waals surface area (Å²) >= 11 is 4.70. The minimum Gasteiger partial charge on any atom is -0.496 e. The Morgan fingerprint density at radius 3 is 2.64 bits per heavy atom. The third-order valence-electron chi connectivity index (χ3n) is 7.32. The molecular formula is C30H31BrN4O6S. The Morgan fingerprint density at radius 2 is 1.98 bits per heavy atom. The predicted octanol–water partition coefficient (Wildman–Crippen LogP) is 4.86. The van der Waals surface area contributed by atoms with Crippen LogP contribution in [0.4, 0.5) is 11.4 Å². The molecule has 0 aliphatic carbocycles. The average molecular weight is 656 g/mol. The van der Waals surface area contributed by atoms with Gasteiger partial charge < -0.3 is 14.4 Å². The fraction of sp³-hybridized carbons (Fsp3) is 0.367. The van der Waals surface area contributed by atoms with Gasteiger partial charge in [-0.15, -0.1) is 0 Å². The topological polar surface area (TPSA) is 116 Å². The normalized spacial score (nSPS) is 16.8. The van der Waals surface area contributed by atoms with Crippen LogP contribution < -0.4 is 24.5 Å². The van der Waals surface area contributed by atoms with Gasteiger partial charge in [-0.25, -0.2) is 9.79 Å². The second-order valence-corrected chi connectivity index (χ2v) is 11.9. The molecule has 0 radical (unpaired) electrons. The Morgan fingerprint density at radius 1 is 1.21 bits per heavy atom. The van der Waals surface area contributed by atoms with Crippen LogP contribution in [0.1, 0.15) is 56.7 Å². The number of esters is 1. The first kappa shape index (κ1) is 29.7. The first-order chi connectivity index (χ1) is 20.3. The van der Waals surface area contributed by atoms with E-state index in [-0.39, 0.29) is 22.8 Å². The molecule has 2 aliphatic heterocycles. The molecule has 220 valence electrons. The lowest BCUT2D eigenvalue weighted by Crippen LogP contribution is -2.40. The van der Waals surface area contributed by atoms with Gasteiger partial charge in [-0.3, -0.25) is 19.5 Å². The molecule has 1 atom stereocenters. The lowest BCUT2D eigenvalue weighted by molar-refractivity contribution is -0.384. The molecule has 42 heavy (non-hydrogen) atoms. The number of benzene rings is 2. The van der Waals surface area contributed by atoms with E-state index in [1.807, 2.05) is 24.0 Å². The van der Waals surface area contributed by atoms with E-state index in [0.29, 0.717) is 49.6 Å². The van der Waals surface area contributed by atoms with Gasteiger partial charge in [-0.2, -0.15) is 0 Å². The number of hydrogen-bond donors (Lipinski definition) is 0. The van der Waals surface area contributed by atoms with Gasteiger partial charge in [0.05, 0.1) is 34.4 Å². The standard InChI is InChI=1S/C30H31BrN4O6S/c1-4-8-21-26(29(37)41-5-2)27(20-17-19(31)10-12-24(20)40-3)34-28(36)25(42-30(34)32-21)16-18-9-11-22(23(15-18)35(38)39)33-13-6-7-14-33/h9-12,15-17,27H,4-8,13-14H2,1-3H3/b25-16-/t27-/m1/s1. The van der Waals surface area contributed by atoms with Crippen molar-refractivity contribution in [3.8, 4) is 5.75 Å². The molecule has 0 unspecified atom stereocenters. The van der Waals surface area contributed by atoms with Crippen LogP contribution in [0, 0.1) is 10.1 Å². The Balaban J connectivity index is 1.73. The first-order valence-electron chi connectivity index (χ1n) is 13.9. The number of fused-ring (bicyclic) bond motifs is 1. The number of thiazole rings is 1. The summed E-state index contributed by atoms with van der Waals surface area (Å²) in [6, 6.07) is 9.63. The van der Waals surface area contributed by atoms with Gasteiger partial charge in [0.2, 0.25) is 0 Å². The SMILES string of the molecule is CCCC1=C(C(=O)OCC)[C@@H](c2cc(Br)ccc2OC)n2c(s/c(=C\c3ccc(N4CCCC4)c([N+](=O)[O-])c3)c2=O)=N1. The minimum absolute atomic E-state index is 0.00463. The van der Waals surface area contributed by atoms with Crippen LogP contribution in [0.3, 0.4) is 0 Å². The van der Waals surface area contributed by atoms with Gasteiger partial charge in [0.1, 0.15) is 17.5 Å². The maximum atomic E-state index is 14.1. The number of allylic oxidation sites excluding steroid dienone is 1. The van der Waals surface area contributed by atoms with E-state index in [9.17, 15) is 19.7 Å². The van der Waals surface area contributed by atoms with Crippen molar-refractivity contribution in [1.29, 1.82) is 0 Å². The highest BCUT2D eigenvalue weighted by Crippen LogP contribution is 2.38. The van der Waals surface area contributed by atoms with Crippen molar-refractivity contribution in [2.45, 2.75) is 45.6 Å². The van der Waals surface area contributed by atoms with Crippen molar-refractivity contribution < 1.29 is 19.2 Å². The zero-order valence-electron chi connectivity index (χ0n) is 23.6. The van der Waals surface area contributed by atoms with E-state index in [1.54, 1.807) is 31.2 Å². The van der Waals surface area contributed by atoms with Gasteiger partial charge in [-0.1, -0.05) is 46.7 Å². The molecule has 12 heteroatoms. The van der Waals surface area contributed by atoms with Crippen LogP contribution in [0.2, 0.25) is 0 Å². The average Bonchev–Trinajstić information content (AvgIpc) is 3.61. The Hall–Kier alpha value is -3.77. The van der Waals surface area contributed by atoms with Gasteiger partial charge in [0.25, 0.3) is 11.2 Å². The van der Waals surface area contributed by atoms with Gasteiger partial charge in [-0.05, 0) is 62.1 Å². The van der Waals surface area contributed by atoms with Crippen LogP contribution in [-0.4, -0.2) is 42.3 Å². The van der Waals surface area contributed by atoms with Crippen molar-refractivity contribution in [2.24, 2.45) is 4.99 Å². The van der Waals surface area contributed by atoms with E-state index in [2.05, 4.69) is 15.9 Å². The summed E-state index contributed by atoms with van der Waals surface area (Å²) in [6.45, 7) is 5.45. The molecule has 3 heterocycles. The molecule has 0 bridgehead atoms. The number of nitrogens with zero attached hydrogens (tertiary/aromatic N) is 4. The number of halogens is 1. The number of aromatic nitrogens is 1. The second-order valence-electron chi connectivity index (χ2n) is 10.00. The third-order valence-corrected chi connectivity index (χ3v) is 8.80. The van der Waals surface area contributed by atoms with E-state index in [4.69, 9.17) is 14.5 Å².